The van der Waals surface area contributed by atoms with Gasteiger partial charge in [-0.05, 0) is 36.5 Å². The van der Waals surface area contributed by atoms with E-state index in [2.05, 4.69) is 22.8 Å². The molecule has 1 aliphatic heterocycles. The van der Waals surface area contributed by atoms with Crippen molar-refractivity contribution < 1.29 is 4.79 Å². The van der Waals surface area contributed by atoms with Gasteiger partial charge in [0.2, 0.25) is 5.91 Å². The Morgan fingerprint density at radius 2 is 2.20 bits per heavy atom. The number of nitrogens with one attached hydrogen (secondary N) is 2. The van der Waals surface area contributed by atoms with Gasteiger partial charge in [0.15, 0.2) is 0 Å². The normalized spacial score (nSPS) is 19.4. The number of nitriles is 1. The number of benzene rings is 1. The topological polar surface area (TPSA) is 64.9 Å². The van der Waals surface area contributed by atoms with E-state index >= 15 is 0 Å². The van der Waals surface area contributed by atoms with Crippen molar-refractivity contribution in [3.63, 3.8) is 0 Å². The zero-order valence-corrected chi connectivity index (χ0v) is 11.5. The molecule has 0 unspecified atom stereocenters. The third-order valence-corrected chi connectivity index (χ3v) is 4.41. The van der Waals surface area contributed by atoms with E-state index in [4.69, 9.17) is 0 Å². The first kappa shape index (κ1) is 13.1. The highest BCUT2D eigenvalue weighted by Crippen LogP contribution is 2.39. The van der Waals surface area contributed by atoms with Crippen LogP contribution in [0.25, 0.3) is 0 Å². The summed E-state index contributed by atoms with van der Waals surface area (Å²) in [4.78, 5) is 11.3. The Kier molecular flexibility index (Phi) is 3.45. The van der Waals surface area contributed by atoms with Crippen molar-refractivity contribution in [1.29, 1.82) is 5.26 Å². The standard InChI is InChI=1S/C16H19N3O/c17-10-16(6-1-7-16)11-18-9-12-2-4-14-13(8-12)3-5-15(20)19-14/h2,4,8,18H,1,3,5-7,9,11H2,(H,19,20). The summed E-state index contributed by atoms with van der Waals surface area (Å²) >= 11 is 0. The van der Waals surface area contributed by atoms with Crippen LogP contribution < -0.4 is 10.6 Å². The highest BCUT2D eigenvalue weighted by atomic mass is 16.1. The van der Waals surface area contributed by atoms with Crippen LogP contribution in [0.1, 0.15) is 36.8 Å². The lowest BCUT2D eigenvalue weighted by Gasteiger charge is -2.35. The molecule has 20 heavy (non-hydrogen) atoms. The van der Waals surface area contributed by atoms with Crippen LogP contribution in [-0.2, 0) is 17.8 Å². The van der Waals surface area contributed by atoms with Crippen LogP contribution in [0.4, 0.5) is 5.69 Å². The molecule has 1 heterocycles. The van der Waals surface area contributed by atoms with Crippen molar-refractivity contribution in [2.75, 3.05) is 11.9 Å². The monoisotopic (exact) mass is 269 g/mol. The number of nitrogens with zero attached hydrogens (tertiary/aromatic N) is 1. The average molecular weight is 269 g/mol. The van der Waals surface area contributed by atoms with Crippen molar-refractivity contribution in [3.8, 4) is 6.07 Å². The fourth-order valence-corrected chi connectivity index (χ4v) is 2.92. The maximum atomic E-state index is 11.3. The molecule has 1 saturated carbocycles. The van der Waals surface area contributed by atoms with Crippen LogP contribution >= 0.6 is 0 Å². The molecule has 1 aliphatic carbocycles. The van der Waals surface area contributed by atoms with Crippen molar-refractivity contribution >= 4 is 11.6 Å². The molecule has 0 radical (unpaired) electrons. The quantitative estimate of drug-likeness (QED) is 0.882. The lowest BCUT2D eigenvalue weighted by atomic mass is 9.70. The first-order valence-corrected chi connectivity index (χ1v) is 7.24. The first-order chi connectivity index (χ1) is 9.71. The van der Waals surface area contributed by atoms with Crippen LogP contribution in [0, 0.1) is 16.7 Å². The smallest absolute Gasteiger partial charge is 0.224 e. The van der Waals surface area contributed by atoms with Crippen LogP contribution in [0.5, 0.6) is 0 Å². The molecule has 2 aliphatic rings. The van der Waals surface area contributed by atoms with E-state index in [1.54, 1.807) is 0 Å². The molecule has 4 heteroatoms. The van der Waals surface area contributed by atoms with Crippen LogP contribution in [0.3, 0.4) is 0 Å². The predicted molar refractivity (Wildman–Crippen MR) is 77.0 cm³/mol. The van der Waals surface area contributed by atoms with Gasteiger partial charge in [-0.1, -0.05) is 18.6 Å². The Balaban J connectivity index is 1.59. The highest BCUT2D eigenvalue weighted by Gasteiger charge is 2.36. The van der Waals surface area contributed by atoms with Gasteiger partial charge in [0.05, 0.1) is 11.5 Å². The van der Waals surface area contributed by atoms with Gasteiger partial charge in [-0.25, -0.2) is 0 Å². The van der Waals surface area contributed by atoms with E-state index in [1.807, 2.05) is 12.1 Å². The first-order valence-electron chi connectivity index (χ1n) is 7.24. The van der Waals surface area contributed by atoms with Gasteiger partial charge in [-0.15, -0.1) is 0 Å². The van der Waals surface area contributed by atoms with E-state index in [-0.39, 0.29) is 11.3 Å². The Bertz CT molecular complexity index is 570. The zero-order valence-electron chi connectivity index (χ0n) is 11.5. The van der Waals surface area contributed by atoms with Gasteiger partial charge >= 0.3 is 0 Å². The van der Waals surface area contributed by atoms with Gasteiger partial charge in [0.1, 0.15) is 0 Å². The minimum absolute atomic E-state index is 0.101. The second-order valence-corrected chi connectivity index (χ2v) is 5.89. The fourth-order valence-electron chi connectivity index (χ4n) is 2.92. The number of hydrogen-bond acceptors (Lipinski definition) is 3. The molecular formula is C16H19N3O. The summed E-state index contributed by atoms with van der Waals surface area (Å²) in [6, 6.07) is 8.62. The van der Waals surface area contributed by atoms with Gasteiger partial charge in [0, 0.05) is 25.2 Å². The largest absolute Gasteiger partial charge is 0.326 e. The van der Waals surface area contributed by atoms with Crippen molar-refractivity contribution in [1.82, 2.24) is 5.32 Å². The van der Waals surface area contributed by atoms with Crippen molar-refractivity contribution in [3.05, 3.63) is 29.3 Å². The third kappa shape index (κ3) is 2.54. The molecule has 104 valence electrons. The molecule has 0 aromatic heterocycles. The van der Waals surface area contributed by atoms with Gasteiger partial charge < -0.3 is 10.6 Å². The fraction of sp³-hybridized carbons (Fsp3) is 0.500. The number of carbonyl (C=O) groups is 1. The van der Waals surface area contributed by atoms with Crippen LogP contribution in [-0.4, -0.2) is 12.5 Å². The Morgan fingerprint density at radius 1 is 1.35 bits per heavy atom. The lowest BCUT2D eigenvalue weighted by molar-refractivity contribution is -0.116. The zero-order chi connectivity index (χ0) is 14.0. The van der Waals surface area contributed by atoms with E-state index < -0.39 is 0 Å². The minimum atomic E-state index is -0.123. The van der Waals surface area contributed by atoms with Crippen molar-refractivity contribution in [2.45, 2.75) is 38.6 Å². The SMILES string of the molecule is N#CC1(CNCc2ccc3c(c2)CCC(=O)N3)CCC1. The number of amides is 1. The molecule has 4 nitrogen and oxygen atoms in total. The molecule has 1 amide bonds. The van der Waals surface area contributed by atoms with Gasteiger partial charge in [-0.2, -0.15) is 5.26 Å². The summed E-state index contributed by atoms with van der Waals surface area (Å²) in [5.41, 5.74) is 3.25. The summed E-state index contributed by atoms with van der Waals surface area (Å²) in [6.07, 6.45) is 4.60. The summed E-state index contributed by atoms with van der Waals surface area (Å²) in [6.45, 7) is 1.56. The summed E-state index contributed by atoms with van der Waals surface area (Å²) in [5.74, 6) is 0.101. The maximum Gasteiger partial charge on any atom is 0.224 e. The van der Waals surface area contributed by atoms with Crippen LogP contribution in [0.15, 0.2) is 18.2 Å². The number of rotatable bonds is 4. The third-order valence-electron chi connectivity index (χ3n) is 4.41. The van der Waals surface area contributed by atoms with Crippen molar-refractivity contribution in [2.24, 2.45) is 5.41 Å². The molecule has 0 spiro atoms. The molecule has 0 atom stereocenters. The Labute approximate surface area is 119 Å². The van der Waals surface area contributed by atoms with Gasteiger partial charge in [-0.3, -0.25) is 4.79 Å². The molecule has 2 N–H and O–H groups in total. The summed E-state index contributed by atoms with van der Waals surface area (Å²) < 4.78 is 0. The number of fused-ring (bicyclic) bond motifs is 1. The number of carbonyl (C=O) groups excluding carboxylic acids is 1. The molecule has 0 saturated heterocycles. The molecule has 3 rings (SSSR count). The number of hydrogen-bond donors (Lipinski definition) is 2. The van der Waals surface area contributed by atoms with Crippen LogP contribution in [0.2, 0.25) is 0 Å². The van der Waals surface area contributed by atoms with E-state index in [0.717, 1.165) is 38.0 Å². The summed E-state index contributed by atoms with van der Waals surface area (Å²) in [7, 11) is 0. The summed E-state index contributed by atoms with van der Waals surface area (Å²) in [5, 5.41) is 15.5. The second kappa shape index (κ2) is 5.26. The predicted octanol–water partition coefficient (Wildman–Crippen LogP) is 2.35. The van der Waals surface area contributed by atoms with E-state index in [1.165, 1.54) is 17.5 Å². The Hall–Kier alpha value is -1.86. The van der Waals surface area contributed by atoms with E-state index in [9.17, 15) is 10.1 Å². The van der Waals surface area contributed by atoms with Gasteiger partial charge in [0.25, 0.3) is 0 Å². The molecule has 1 fully saturated rings. The van der Waals surface area contributed by atoms with E-state index in [0.29, 0.717) is 6.42 Å². The molecular weight excluding hydrogens is 250 g/mol. The number of anilines is 1. The average Bonchev–Trinajstić information content (AvgIpc) is 2.42. The maximum absolute atomic E-state index is 11.3. The second-order valence-electron chi connectivity index (χ2n) is 5.89. The molecule has 0 bridgehead atoms. The molecule has 1 aromatic carbocycles. The highest BCUT2D eigenvalue weighted by molar-refractivity contribution is 5.93. The number of aryl methyl sites for hydroxylation is 1. The Morgan fingerprint density at radius 3 is 2.90 bits per heavy atom. The lowest BCUT2D eigenvalue weighted by Crippen LogP contribution is -2.38. The molecule has 1 aromatic rings. The minimum Gasteiger partial charge on any atom is -0.326 e.